The minimum atomic E-state index is -0.785. The molecule has 0 saturated heterocycles. The predicted molar refractivity (Wildman–Crippen MR) is 48.3 cm³/mol. The van der Waals surface area contributed by atoms with Crippen molar-refractivity contribution in [2.24, 2.45) is 0 Å². The molecule has 0 fully saturated rings. The van der Waals surface area contributed by atoms with E-state index in [9.17, 15) is 9.90 Å². The smallest absolute Gasteiger partial charge is 0.308 e. The molecule has 4 heteroatoms. The first-order valence-electron chi connectivity index (χ1n) is 4.24. The fraction of sp³-hybridized carbons (Fsp3) is 0.889. The molecule has 0 rings (SSSR count). The molecule has 0 unspecified atom stereocenters. The number of ether oxygens (including phenoxy) is 2. The lowest BCUT2D eigenvalue weighted by molar-refractivity contribution is -0.144. The number of aliphatic hydroxyl groups is 1. The fourth-order valence-electron chi connectivity index (χ4n) is 0.681. The normalized spacial score (nSPS) is 13.9. The predicted octanol–water partition coefficient (Wildman–Crippen LogP) is 0.725. The van der Waals surface area contributed by atoms with Crippen LogP contribution in [0.5, 0.6) is 0 Å². The zero-order valence-corrected chi connectivity index (χ0v) is 8.66. The second-order valence-corrected chi connectivity index (χ2v) is 3.86. The van der Waals surface area contributed by atoms with Crippen LogP contribution in [-0.4, -0.2) is 36.5 Å². The number of esters is 1. The Balaban J connectivity index is 3.63. The number of rotatable bonds is 4. The van der Waals surface area contributed by atoms with E-state index in [2.05, 4.69) is 4.74 Å². The van der Waals surface area contributed by atoms with E-state index in [0.717, 1.165) is 0 Å². The third kappa shape index (κ3) is 7.74. The van der Waals surface area contributed by atoms with Crippen LogP contribution in [0, 0.1) is 0 Å². The fourth-order valence-corrected chi connectivity index (χ4v) is 0.681. The molecule has 0 radical (unpaired) electrons. The van der Waals surface area contributed by atoms with Crippen molar-refractivity contribution in [3.63, 3.8) is 0 Å². The van der Waals surface area contributed by atoms with E-state index >= 15 is 0 Å². The Hall–Kier alpha value is -0.610. The van der Waals surface area contributed by atoms with Crippen LogP contribution in [0.1, 0.15) is 27.2 Å². The molecular weight excluding hydrogens is 172 g/mol. The molecule has 1 atom stereocenters. The van der Waals surface area contributed by atoms with Crippen LogP contribution in [0.15, 0.2) is 0 Å². The third-order valence-electron chi connectivity index (χ3n) is 1.34. The molecule has 0 aliphatic rings. The molecule has 0 amide bonds. The Morgan fingerprint density at radius 3 is 2.38 bits per heavy atom. The summed E-state index contributed by atoms with van der Waals surface area (Å²) in [6.07, 6.45) is -0.807. The number of aliphatic hydroxyl groups excluding tert-OH is 1. The Bertz CT molecular complexity index is 159. The van der Waals surface area contributed by atoms with Gasteiger partial charge in [0.25, 0.3) is 0 Å². The summed E-state index contributed by atoms with van der Waals surface area (Å²) in [5.74, 6) is -0.426. The zero-order chi connectivity index (χ0) is 10.5. The first kappa shape index (κ1) is 12.4. The van der Waals surface area contributed by atoms with Crippen molar-refractivity contribution in [2.75, 3.05) is 13.7 Å². The third-order valence-corrected chi connectivity index (χ3v) is 1.34. The van der Waals surface area contributed by atoms with Gasteiger partial charge in [-0.3, -0.25) is 4.79 Å². The topological polar surface area (TPSA) is 55.8 Å². The molecule has 0 spiro atoms. The Morgan fingerprint density at radius 2 is 2.00 bits per heavy atom. The van der Waals surface area contributed by atoms with Gasteiger partial charge in [0, 0.05) is 0 Å². The van der Waals surface area contributed by atoms with Crippen molar-refractivity contribution in [3.8, 4) is 0 Å². The van der Waals surface area contributed by atoms with E-state index in [4.69, 9.17) is 4.74 Å². The molecular formula is C9H18O4. The van der Waals surface area contributed by atoms with Crippen molar-refractivity contribution >= 4 is 5.97 Å². The molecule has 0 aliphatic carbocycles. The minimum Gasteiger partial charge on any atom is -0.469 e. The van der Waals surface area contributed by atoms with E-state index < -0.39 is 12.1 Å². The monoisotopic (exact) mass is 190 g/mol. The summed E-state index contributed by atoms with van der Waals surface area (Å²) >= 11 is 0. The largest absolute Gasteiger partial charge is 0.469 e. The summed E-state index contributed by atoms with van der Waals surface area (Å²) in [6.45, 7) is 5.81. The molecule has 0 aliphatic heterocycles. The molecule has 1 N–H and O–H groups in total. The van der Waals surface area contributed by atoms with Crippen LogP contribution >= 0.6 is 0 Å². The average Bonchev–Trinajstić information content (AvgIpc) is 1.99. The summed E-state index contributed by atoms with van der Waals surface area (Å²) in [6, 6.07) is 0. The summed E-state index contributed by atoms with van der Waals surface area (Å²) in [5.41, 5.74) is -0.295. The number of methoxy groups -OCH3 is 1. The summed E-state index contributed by atoms with van der Waals surface area (Å²) in [5, 5.41) is 9.29. The molecule has 78 valence electrons. The highest BCUT2D eigenvalue weighted by molar-refractivity contribution is 5.69. The van der Waals surface area contributed by atoms with Crippen LogP contribution in [-0.2, 0) is 14.3 Å². The van der Waals surface area contributed by atoms with Gasteiger partial charge in [-0.05, 0) is 20.8 Å². The van der Waals surface area contributed by atoms with Crippen LogP contribution in [0.25, 0.3) is 0 Å². The van der Waals surface area contributed by atoms with Crippen LogP contribution in [0.3, 0.4) is 0 Å². The van der Waals surface area contributed by atoms with Gasteiger partial charge in [-0.1, -0.05) is 0 Å². The minimum absolute atomic E-state index is 0.0212. The molecule has 0 aromatic carbocycles. The van der Waals surface area contributed by atoms with Gasteiger partial charge in [0.1, 0.15) is 0 Å². The van der Waals surface area contributed by atoms with Gasteiger partial charge < -0.3 is 14.6 Å². The number of carbonyl (C=O) groups is 1. The Labute approximate surface area is 78.8 Å². The van der Waals surface area contributed by atoms with E-state index in [1.807, 2.05) is 20.8 Å². The van der Waals surface area contributed by atoms with Gasteiger partial charge in [0.05, 0.1) is 31.8 Å². The highest BCUT2D eigenvalue weighted by atomic mass is 16.5. The van der Waals surface area contributed by atoms with Crippen molar-refractivity contribution in [1.82, 2.24) is 0 Å². The first-order chi connectivity index (χ1) is 5.85. The van der Waals surface area contributed by atoms with Gasteiger partial charge in [-0.25, -0.2) is 0 Å². The van der Waals surface area contributed by atoms with Gasteiger partial charge in [-0.2, -0.15) is 0 Å². The summed E-state index contributed by atoms with van der Waals surface area (Å²) in [4.78, 5) is 10.7. The summed E-state index contributed by atoms with van der Waals surface area (Å²) < 4.78 is 9.68. The van der Waals surface area contributed by atoms with Crippen molar-refractivity contribution < 1.29 is 19.4 Å². The molecule has 0 aromatic rings. The lowest BCUT2D eigenvalue weighted by Crippen LogP contribution is -2.27. The SMILES string of the molecule is COC(=O)C[C@@H](O)COC(C)(C)C. The van der Waals surface area contributed by atoms with E-state index in [0.29, 0.717) is 0 Å². The molecule has 4 nitrogen and oxygen atoms in total. The number of hydrogen-bond acceptors (Lipinski definition) is 4. The number of carbonyl (C=O) groups excluding carboxylic acids is 1. The molecule has 0 heterocycles. The van der Waals surface area contributed by atoms with Gasteiger partial charge >= 0.3 is 5.97 Å². The average molecular weight is 190 g/mol. The molecule has 0 bridgehead atoms. The zero-order valence-electron chi connectivity index (χ0n) is 8.66. The van der Waals surface area contributed by atoms with Gasteiger partial charge in [0.15, 0.2) is 0 Å². The van der Waals surface area contributed by atoms with Gasteiger partial charge in [-0.15, -0.1) is 0 Å². The second kappa shape index (κ2) is 5.19. The highest BCUT2D eigenvalue weighted by Crippen LogP contribution is 2.08. The van der Waals surface area contributed by atoms with Crippen molar-refractivity contribution in [3.05, 3.63) is 0 Å². The summed E-state index contributed by atoms with van der Waals surface area (Å²) in [7, 11) is 1.29. The molecule has 0 aromatic heterocycles. The molecule has 13 heavy (non-hydrogen) atoms. The van der Waals surface area contributed by atoms with Crippen LogP contribution in [0.4, 0.5) is 0 Å². The Morgan fingerprint density at radius 1 is 1.46 bits per heavy atom. The Kier molecular flexibility index (Phi) is 4.95. The van der Waals surface area contributed by atoms with Crippen molar-refractivity contribution in [2.45, 2.75) is 38.9 Å². The van der Waals surface area contributed by atoms with Crippen LogP contribution in [0.2, 0.25) is 0 Å². The number of hydrogen-bond donors (Lipinski definition) is 1. The van der Waals surface area contributed by atoms with E-state index in [1.54, 1.807) is 0 Å². The standard InChI is InChI=1S/C9H18O4/c1-9(2,3)13-6-7(10)5-8(11)12-4/h7,10H,5-6H2,1-4H3/t7-/m1/s1. The van der Waals surface area contributed by atoms with Crippen molar-refractivity contribution in [1.29, 1.82) is 0 Å². The maximum Gasteiger partial charge on any atom is 0.308 e. The lowest BCUT2D eigenvalue weighted by Gasteiger charge is -2.21. The first-order valence-corrected chi connectivity index (χ1v) is 4.24. The van der Waals surface area contributed by atoms with Gasteiger partial charge in [0.2, 0.25) is 0 Å². The van der Waals surface area contributed by atoms with E-state index in [1.165, 1.54) is 7.11 Å². The van der Waals surface area contributed by atoms with Crippen LogP contribution < -0.4 is 0 Å². The maximum atomic E-state index is 10.7. The highest BCUT2D eigenvalue weighted by Gasteiger charge is 2.16. The second-order valence-electron chi connectivity index (χ2n) is 3.86. The van der Waals surface area contributed by atoms with E-state index in [-0.39, 0.29) is 18.6 Å². The maximum absolute atomic E-state index is 10.7. The molecule has 0 saturated carbocycles. The quantitative estimate of drug-likeness (QED) is 0.664. The lowest BCUT2D eigenvalue weighted by atomic mass is 10.2.